The van der Waals surface area contributed by atoms with Crippen molar-refractivity contribution in [3.63, 3.8) is 0 Å². The molecule has 0 atom stereocenters. The second-order valence-electron chi connectivity index (χ2n) is 5.13. The lowest BCUT2D eigenvalue weighted by Gasteiger charge is -2.09. The maximum atomic E-state index is 5.46. The predicted molar refractivity (Wildman–Crippen MR) is 83.8 cm³/mol. The van der Waals surface area contributed by atoms with Gasteiger partial charge in [0.05, 0.1) is 11.4 Å². The molecular weight excluding hydrogens is 276 g/mol. The van der Waals surface area contributed by atoms with Crippen molar-refractivity contribution in [3.05, 3.63) is 60.4 Å². The zero-order valence-electron chi connectivity index (χ0n) is 12.1. The number of aromatic nitrogens is 2. The zero-order valence-corrected chi connectivity index (χ0v) is 12.1. The number of benzene rings is 1. The third-order valence-corrected chi connectivity index (χ3v) is 3.62. The minimum atomic E-state index is 0.271. The van der Waals surface area contributed by atoms with E-state index in [9.17, 15) is 0 Å². The monoisotopic (exact) mass is 290 g/mol. The molecule has 22 heavy (non-hydrogen) atoms. The van der Waals surface area contributed by atoms with E-state index in [1.54, 1.807) is 6.20 Å². The van der Waals surface area contributed by atoms with Crippen molar-refractivity contribution in [1.29, 1.82) is 0 Å². The van der Waals surface area contributed by atoms with Crippen LogP contribution in [0.1, 0.15) is 5.69 Å². The Morgan fingerprint density at radius 3 is 2.77 bits per heavy atom. The largest absolute Gasteiger partial charge is 0.454 e. The van der Waals surface area contributed by atoms with Gasteiger partial charge in [-0.05, 0) is 49.4 Å². The fourth-order valence-corrected chi connectivity index (χ4v) is 2.58. The molecule has 4 nitrogen and oxygen atoms in total. The van der Waals surface area contributed by atoms with Crippen molar-refractivity contribution < 1.29 is 9.47 Å². The van der Waals surface area contributed by atoms with Crippen LogP contribution in [0.3, 0.4) is 0 Å². The highest BCUT2D eigenvalue weighted by atomic mass is 16.7. The normalized spacial score (nSPS) is 12.4. The standard InChI is InChI=1S/C18H14N2O2/c1-12-4-2-6-15(20-12)14-5-3-9-19-18(14)13-7-8-16-17(10-13)22-11-21-16/h2-10H,11H2,1H3. The van der Waals surface area contributed by atoms with E-state index in [1.807, 2.05) is 55.5 Å². The highest BCUT2D eigenvalue weighted by Gasteiger charge is 2.16. The molecule has 0 amide bonds. The second kappa shape index (κ2) is 5.15. The average Bonchev–Trinajstić information content (AvgIpc) is 3.02. The zero-order chi connectivity index (χ0) is 14.9. The van der Waals surface area contributed by atoms with Crippen molar-refractivity contribution >= 4 is 0 Å². The van der Waals surface area contributed by atoms with Crippen LogP contribution in [0.5, 0.6) is 11.5 Å². The highest BCUT2D eigenvalue weighted by Crippen LogP contribution is 2.37. The Morgan fingerprint density at radius 1 is 0.955 bits per heavy atom. The van der Waals surface area contributed by atoms with Crippen molar-refractivity contribution in [3.8, 4) is 34.0 Å². The molecule has 3 aromatic rings. The number of rotatable bonds is 2. The first-order chi connectivity index (χ1) is 10.8. The summed E-state index contributed by atoms with van der Waals surface area (Å²) >= 11 is 0. The molecule has 4 rings (SSSR count). The highest BCUT2D eigenvalue weighted by molar-refractivity contribution is 5.80. The summed E-state index contributed by atoms with van der Waals surface area (Å²) in [5, 5.41) is 0. The molecule has 0 spiro atoms. The Labute approximate surface area is 128 Å². The summed E-state index contributed by atoms with van der Waals surface area (Å²) in [4.78, 5) is 9.15. The van der Waals surface area contributed by atoms with E-state index in [0.717, 1.165) is 39.7 Å². The number of pyridine rings is 2. The van der Waals surface area contributed by atoms with Crippen LogP contribution in [-0.4, -0.2) is 16.8 Å². The van der Waals surface area contributed by atoms with Crippen molar-refractivity contribution in [2.45, 2.75) is 6.92 Å². The molecule has 0 saturated carbocycles. The summed E-state index contributed by atoms with van der Waals surface area (Å²) in [7, 11) is 0. The molecule has 1 aliphatic heterocycles. The number of hydrogen-bond donors (Lipinski definition) is 0. The van der Waals surface area contributed by atoms with Crippen LogP contribution < -0.4 is 9.47 Å². The Hall–Kier alpha value is -2.88. The van der Waals surface area contributed by atoms with Gasteiger partial charge in [0.25, 0.3) is 0 Å². The minimum Gasteiger partial charge on any atom is -0.454 e. The van der Waals surface area contributed by atoms with E-state index in [1.165, 1.54) is 0 Å². The molecule has 0 unspecified atom stereocenters. The van der Waals surface area contributed by atoms with E-state index < -0.39 is 0 Å². The summed E-state index contributed by atoms with van der Waals surface area (Å²) in [5.74, 6) is 1.53. The summed E-state index contributed by atoms with van der Waals surface area (Å²) in [6.07, 6.45) is 1.79. The quantitative estimate of drug-likeness (QED) is 0.719. The Bertz CT molecular complexity index is 846. The van der Waals surface area contributed by atoms with Crippen LogP contribution in [0, 0.1) is 6.92 Å². The van der Waals surface area contributed by atoms with Crippen molar-refractivity contribution in [1.82, 2.24) is 9.97 Å². The number of aryl methyl sites for hydroxylation is 1. The molecule has 2 aromatic heterocycles. The maximum absolute atomic E-state index is 5.46. The Morgan fingerprint density at radius 2 is 1.86 bits per heavy atom. The number of nitrogens with zero attached hydrogens (tertiary/aromatic N) is 2. The van der Waals surface area contributed by atoms with Gasteiger partial charge in [0, 0.05) is 23.0 Å². The molecule has 0 radical (unpaired) electrons. The first kappa shape index (κ1) is 12.8. The topological polar surface area (TPSA) is 44.2 Å². The molecule has 4 heteroatoms. The van der Waals surface area contributed by atoms with Crippen LogP contribution in [0.2, 0.25) is 0 Å². The van der Waals surface area contributed by atoms with Gasteiger partial charge >= 0.3 is 0 Å². The summed E-state index contributed by atoms with van der Waals surface area (Å²) in [6, 6.07) is 15.8. The maximum Gasteiger partial charge on any atom is 0.231 e. The molecule has 108 valence electrons. The third-order valence-electron chi connectivity index (χ3n) is 3.62. The molecule has 1 aliphatic rings. The van der Waals surface area contributed by atoms with Gasteiger partial charge < -0.3 is 9.47 Å². The van der Waals surface area contributed by atoms with Crippen LogP contribution in [0.15, 0.2) is 54.7 Å². The fourth-order valence-electron chi connectivity index (χ4n) is 2.58. The van der Waals surface area contributed by atoms with Gasteiger partial charge in [0.2, 0.25) is 6.79 Å². The van der Waals surface area contributed by atoms with Gasteiger partial charge in [0.1, 0.15) is 0 Å². The molecule has 0 aliphatic carbocycles. The van der Waals surface area contributed by atoms with E-state index in [4.69, 9.17) is 9.47 Å². The van der Waals surface area contributed by atoms with Gasteiger partial charge in [-0.15, -0.1) is 0 Å². The first-order valence-corrected chi connectivity index (χ1v) is 7.10. The Balaban J connectivity index is 1.86. The number of hydrogen-bond acceptors (Lipinski definition) is 4. The summed E-state index contributed by atoms with van der Waals surface area (Å²) < 4.78 is 10.8. The Kier molecular flexibility index (Phi) is 3.00. The molecular formula is C18H14N2O2. The summed E-state index contributed by atoms with van der Waals surface area (Å²) in [6.45, 7) is 2.26. The molecule has 0 bridgehead atoms. The van der Waals surface area contributed by atoms with E-state index in [-0.39, 0.29) is 6.79 Å². The first-order valence-electron chi connectivity index (χ1n) is 7.10. The van der Waals surface area contributed by atoms with Crippen LogP contribution in [-0.2, 0) is 0 Å². The number of ether oxygens (including phenoxy) is 2. The van der Waals surface area contributed by atoms with Gasteiger partial charge in [-0.3, -0.25) is 9.97 Å². The van der Waals surface area contributed by atoms with Crippen molar-refractivity contribution in [2.75, 3.05) is 6.79 Å². The molecule has 3 heterocycles. The van der Waals surface area contributed by atoms with Gasteiger partial charge in [-0.2, -0.15) is 0 Å². The smallest absolute Gasteiger partial charge is 0.231 e. The van der Waals surface area contributed by atoms with Crippen LogP contribution in [0.4, 0.5) is 0 Å². The molecule has 0 fully saturated rings. The minimum absolute atomic E-state index is 0.271. The fraction of sp³-hybridized carbons (Fsp3) is 0.111. The summed E-state index contributed by atoms with van der Waals surface area (Å²) in [5.41, 5.74) is 4.78. The lowest BCUT2D eigenvalue weighted by atomic mass is 10.0. The molecule has 1 aromatic carbocycles. The van der Waals surface area contributed by atoms with Crippen molar-refractivity contribution in [2.24, 2.45) is 0 Å². The molecule has 0 N–H and O–H groups in total. The lowest BCUT2D eigenvalue weighted by Crippen LogP contribution is -1.93. The third kappa shape index (κ3) is 2.19. The van der Waals surface area contributed by atoms with Crippen LogP contribution >= 0.6 is 0 Å². The van der Waals surface area contributed by atoms with Gasteiger partial charge in [-0.25, -0.2) is 0 Å². The predicted octanol–water partition coefficient (Wildman–Crippen LogP) is 3.85. The number of fused-ring (bicyclic) bond motifs is 1. The SMILES string of the molecule is Cc1cccc(-c2cccnc2-c2ccc3c(c2)OCO3)n1. The second-order valence-corrected chi connectivity index (χ2v) is 5.13. The van der Waals surface area contributed by atoms with Gasteiger partial charge in [0.15, 0.2) is 11.5 Å². The van der Waals surface area contributed by atoms with E-state index in [0.29, 0.717) is 0 Å². The average molecular weight is 290 g/mol. The van der Waals surface area contributed by atoms with E-state index >= 15 is 0 Å². The van der Waals surface area contributed by atoms with E-state index in [2.05, 4.69) is 9.97 Å². The van der Waals surface area contributed by atoms with Crippen LogP contribution in [0.25, 0.3) is 22.5 Å². The molecule has 0 saturated heterocycles. The van der Waals surface area contributed by atoms with Gasteiger partial charge in [-0.1, -0.05) is 6.07 Å². The lowest BCUT2D eigenvalue weighted by molar-refractivity contribution is 0.174.